The first-order valence-electron chi connectivity index (χ1n) is 4.49. The van der Waals surface area contributed by atoms with Crippen LogP contribution in [0.3, 0.4) is 0 Å². The molecule has 1 aromatic rings. The highest BCUT2D eigenvalue weighted by Gasteiger charge is 2.10. The molecule has 0 heterocycles. The van der Waals surface area contributed by atoms with E-state index in [0.29, 0.717) is 17.9 Å². The zero-order valence-electron chi connectivity index (χ0n) is 8.18. The van der Waals surface area contributed by atoms with Crippen molar-refractivity contribution in [2.45, 2.75) is 20.3 Å². The quantitative estimate of drug-likeness (QED) is 0.701. The van der Waals surface area contributed by atoms with E-state index in [9.17, 15) is 9.18 Å². The molecule has 14 heavy (non-hydrogen) atoms. The Morgan fingerprint density at radius 1 is 1.50 bits per heavy atom. The molecule has 0 fully saturated rings. The zero-order chi connectivity index (χ0) is 10.7. The summed E-state index contributed by atoms with van der Waals surface area (Å²) in [6.45, 7) is 3.92. The average molecular weight is 215 g/mol. The van der Waals surface area contributed by atoms with Crippen molar-refractivity contribution in [3.8, 4) is 0 Å². The molecule has 0 N–H and O–H groups in total. The number of hydrogen-bond acceptors (Lipinski definition) is 1. The molecule has 0 aromatic heterocycles. The molecule has 0 aliphatic rings. The monoisotopic (exact) mass is 214 g/mol. The third-order valence-electron chi connectivity index (χ3n) is 1.84. The Hall–Kier alpha value is -0.890. The van der Waals surface area contributed by atoms with Crippen LogP contribution in [-0.4, -0.2) is 5.78 Å². The highest BCUT2D eigenvalue weighted by atomic mass is 35.5. The number of halogens is 2. The van der Waals surface area contributed by atoms with Gasteiger partial charge in [0, 0.05) is 12.0 Å². The second-order valence-electron chi connectivity index (χ2n) is 3.65. The van der Waals surface area contributed by atoms with Crippen LogP contribution in [0, 0.1) is 11.7 Å². The zero-order valence-corrected chi connectivity index (χ0v) is 8.94. The predicted molar refractivity (Wildman–Crippen MR) is 55.2 cm³/mol. The Bertz CT molecular complexity index is 347. The number of carbonyl (C=O) groups is 1. The molecule has 0 unspecified atom stereocenters. The molecule has 0 saturated carbocycles. The van der Waals surface area contributed by atoms with Gasteiger partial charge in [-0.3, -0.25) is 4.79 Å². The van der Waals surface area contributed by atoms with Crippen molar-refractivity contribution >= 4 is 17.4 Å². The van der Waals surface area contributed by atoms with Gasteiger partial charge in [-0.2, -0.15) is 0 Å². The third kappa shape index (κ3) is 2.81. The van der Waals surface area contributed by atoms with Gasteiger partial charge in [-0.1, -0.05) is 25.4 Å². The lowest BCUT2D eigenvalue weighted by Gasteiger charge is -2.04. The van der Waals surface area contributed by atoms with Crippen LogP contribution in [0.5, 0.6) is 0 Å². The Kier molecular flexibility index (Phi) is 3.64. The van der Waals surface area contributed by atoms with E-state index in [0.717, 1.165) is 0 Å². The van der Waals surface area contributed by atoms with Gasteiger partial charge in [0.15, 0.2) is 5.78 Å². The minimum absolute atomic E-state index is 0.000365. The largest absolute Gasteiger partial charge is 0.294 e. The lowest BCUT2D eigenvalue weighted by molar-refractivity contribution is 0.0968. The van der Waals surface area contributed by atoms with Crippen molar-refractivity contribution in [3.05, 3.63) is 34.6 Å². The predicted octanol–water partition coefficient (Wildman–Crippen LogP) is 3.71. The van der Waals surface area contributed by atoms with Gasteiger partial charge in [0.1, 0.15) is 5.82 Å². The van der Waals surface area contributed by atoms with Gasteiger partial charge in [-0.05, 0) is 24.1 Å². The van der Waals surface area contributed by atoms with E-state index in [4.69, 9.17) is 11.6 Å². The van der Waals surface area contributed by atoms with Crippen LogP contribution in [-0.2, 0) is 0 Å². The summed E-state index contributed by atoms with van der Waals surface area (Å²) in [5.74, 6) is -0.194. The van der Waals surface area contributed by atoms with E-state index in [-0.39, 0.29) is 10.8 Å². The van der Waals surface area contributed by atoms with Crippen molar-refractivity contribution in [2.24, 2.45) is 5.92 Å². The number of Topliss-reactive ketones (excluding diaryl/α,β-unsaturated/α-hetero) is 1. The van der Waals surface area contributed by atoms with Gasteiger partial charge in [0.05, 0.1) is 5.02 Å². The lowest BCUT2D eigenvalue weighted by atomic mass is 10.0. The molecule has 0 radical (unpaired) electrons. The second kappa shape index (κ2) is 4.56. The molecular weight excluding hydrogens is 203 g/mol. The fourth-order valence-corrected chi connectivity index (χ4v) is 1.34. The maximum atomic E-state index is 12.8. The van der Waals surface area contributed by atoms with Crippen molar-refractivity contribution in [3.63, 3.8) is 0 Å². The molecule has 76 valence electrons. The van der Waals surface area contributed by atoms with Gasteiger partial charge in [0.2, 0.25) is 0 Å². The summed E-state index contributed by atoms with van der Waals surface area (Å²) in [4.78, 5) is 11.5. The molecule has 0 saturated heterocycles. The SMILES string of the molecule is CC(C)CC(=O)c1ccc(F)c(Cl)c1. The third-order valence-corrected chi connectivity index (χ3v) is 2.12. The molecule has 0 aliphatic heterocycles. The van der Waals surface area contributed by atoms with Crippen LogP contribution in [0.2, 0.25) is 5.02 Å². The van der Waals surface area contributed by atoms with Crippen LogP contribution in [0.25, 0.3) is 0 Å². The highest BCUT2D eigenvalue weighted by Crippen LogP contribution is 2.18. The molecule has 1 rings (SSSR count). The number of carbonyl (C=O) groups excluding carboxylic acids is 1. The molecule has 3 heteroatoms. The summed E-state index contributed by atoms with van der Waals surface area (Å²) >= 11 is 5.57. The Morgan fingerprint density at radius 2 is 2.14 bits per heavy atom. The molecule has 1 aromatic carbocycles. The van der Waals surface area contributed by atoms with Crippen LogP contribution >= 0.6 is 11.6 Å². The molecule has 0 spiro atoms. The van der Waals surface area contributed by atoms with E-state index >= 15 is 0 Å². The molecule has 1 nitrogen and oxygen atoms in total. The van der Waals surface area contributed by atoms with E-state index in [1.54, 1.807) is 0 Å². The number of rotatable bonds is 3. The minimum Gasteiger partial charge on any atom is -0.294 e. The fourth-order valence-electron chi connectivity index (χ4n) is 1.16. The van der Waals surface area contributed by atoms with E-state index in [1.807, 2.05) is 13.8 Å². The average Bonchev–Trinajstić information content (AvgIpc) is 2.08. The first-order valence-corrected chi connectivity index (χ1v) is 4.86. The van der Waals surface area contributed by atoms with Gasteiger partial charge in [0.25, 0.3) is 0 Å². The first kappa shape index (κ1) is 11.2. The second-order valence-corrected chi connectivity index (χ2v) is 4.06. The molecule has 0 aliphatic carbocycles. The van der Waals surface area contributed by atoms with Crippen LogP contribution in [0.1, 0.15) is 30.6 Å². The highest BCUT2D eigenvalue weighted by molar-refractivity contribution is 6.31. The van der Waals surface area contributed by atoms with Crippen molar-refractivity contribution in [2.75, 3.05) is 0 Å². The van der Waals surface area contributed by atoms with Crippen molar-refractivity contribution in [1.29, 1.82) is 0 Å². The van der Waals surface area contributed by atoms with Gasteiger partial charge >= 0.3 is 0 Å². The smallest absolute Gasteiger partial charge is 0.163 e. The summed E-state index contributed by atoms with van der Waals surface area (Å²) in [5, 5.41) is -0.000365. The Balaban J connectivity index is 2.86. The summed E-state index contributed by atoms with van der Waals surface area (Å²) in [6.07, 6.45) is 0.460. The summed E-state index contributed by atoms with van der Waals surface area (Å²) < 4.78 is 12.8. The van der Waals surface area contributed by atoms with Gasteiger partial charge in [-0.15, -0.1) is 0 Å². The van der Waals surface area contributed by atoms with Crippen LogP contribution < -0.4 is 0 Å². The van der Waals surface area contributed by atoms with Gasteiger partial charge < -0.3 is 0 Å². The fraction of sp³-hybridized carbons (Fsp3) is 0.364. The Morgan fingerprint density at radius 3 is 2.64 bits per heavy atom. The first-order chi connectivity index (χ1) is 6.50. The number of ketones is 1. The maximum absolute atomic E-state index is 12.8. The maximum Gasteiger partial charge on any atom is 0.163 e. The molecular formula is C11H12ClFO. The standard InChI is InChI=1S/C11H12ClFO/c1-7(2)5-11(14)8-3-4-10(13)9(12)6-8/h3-4,6-7H,5H2,1-2H3. The summed E-state index contributed by atoms with van der Waals surface area (Å²) in [5.41, 5.74) is 0.477. The van der Waals surface area contributed by atoms with E-state index in [2.05, 4.69) is 0 Å². The van der Waals surface area contributed by atoms with Crippen LogP contribution in [0.4, 0.5) is 4.39 Å². The Labute approximate surface area is 87.9 Å². The molecule has 0 amide bonds. The number of hydrogen-bond donors (Lipinski definition) is 0. The summed E-state index contributed by atoms with van der Waals surface area (Å²) in [6, 6.07) is 4.06. The minimum atomic E-state index is -0.493. The topological polar surface area (TPSA) is 17.1 Å². The van der Waals surface area contributed by atoms with E-state index < -0.39 is 5.82 Å². The molecule has 0 bridgehead atoms. The van der Waals surface area contributed by atoms with Gasteiger partial charge in [-0.25, -0.2) is 4.39 Å². The van der Waals surface area contributed by atoms with Crippen LogP contribution in [0.15, 0.2) is 18.2 Å². The lowest BCUT2D eigenvalue weighted by Crippen LogP contribution is -2.03. The summed E-state index contributed by atoms with van der Waals surface area (Å²) in [7, 11) is 0. The normalized spacial score (nSPS) is 10.6. The van der Waals surface area contributed by atoms with Crippen molar-refractivity contribution in [1.82, 2.24) is 0 Å². The van der Waals surface area contributed by atoms with Crippen molar-refractivity contribution < 1.29 is 9.18 Å². The number of benzene rings is 1. The van der Waals surface area contributed by atoms with E-state index in [1.165, 1.54) is 18.2 Å². The molecule has 0 atom stereocenters.